The van der Waals surface area contributed by atoms with Gasteiger partial charge in [-0.2, -0.15) is 12.6 Å². The smallest absolute Gasteiger partial charge is 0.0278 e. The molecule has 0 aliphatic carbocycles. The topological polar surface area (TPSA) is 0 Å². The van der Waals surface area contributed by atoms with E-state index in [4.69, 9.17) is 0 Å². The molecule has 0 atom stereocenters. The molecule has 0 amide bonds. The van der Waals surface area contributed by atoms with Crippen LogP contribution in [0, 0.1) is 0 Å². The summed E-state index contributed by atoms with van der Waals surface area (Å²) in [5, 5.41) is 1.85. The summed E-state index contributed by atoms with van der Waals surface area (Å²) in [5.41, 5.74) is 2.56. The van der Waals surface area contributed by atoms with Crippen molar-refractivity contribution in [3.8, 4) is 0 Å². The van der Waals surface area contributed by atoms with Crippen LogP contribution in [0.1, 0.15) is 26.7 Å². The lowest BCUT2D eigenvalue weighted by atomic mass is 10.1. The second-order valence-electron chi connectivity index (χ2n) is 2.43. The van der Waals surface area contributed by atoms with Gasteiger partial charge in [-0.3, -0.25) is 0 Å². The number of allylic oxidation sites excluding steroid dienone is 2. The monoisotopic (exact) mass is 142 g/mol. The average Bonchev–Trinajstić information content (AvgIpc) is 1.83. The fourth-order valence-corrected chi connectivity index (χ4v) is 0.604. The maximum absolute atomic E-state index is 4.03. The van der Waals surface area contributed by atoms with Gasteiger partial charge in [-0.25, -0.2) is 0 Å². The van der Waals surface area contributed by atoms with E-state index in [0.29, 0.717) is 0 Å². The lowest BCUT2D eigenvalue weighted by Gasteiger charge is -1.97. The second-order valence-corrected chi connectivity index (χ2v) is 2.69. The van der Waals surface area contributed by atoms with Crippen LogP contribution in [-0.2, 0) is 0 Å². The van der Waals surface area contributed by atoms with E-state index >= 15 is 0 Å². The first-order chi connectivity index (χ1) is 4.16. The maximum atomic E-state index is 4.03. The van der Waals surface area contributed by atoms with Gasteiger partial charge >= 0.3 is 0 Å². The van der Waals surface area contributed by atoms with E-state index in [1.165, 1.54) is 11.1 Å². The molecule has 0 aliphatic heterocycles. The quantitative estimate of drug-likeness (QED) is 0.454. The molecule has 0 saturated heterocycles. The van der Waals surface area contributed by atoms with Crippen molar-refractivity contribution in [2.75, 3.05) is 0 Å². The van der Waals surface area contributed by atoms with E-state index in [1.807, 2.05) is 12.3 Å². The van der Waals surface area contributed by atoms with Crippen molar-refractivity contribution in [3.63, 3.8) is 0 Å². The largest absolute Gasteiger partial charge is 0.151 e. The van der Waals surface area contributed by atoms with E-state index in [9.17, 15) is 0 Å². The Kier molecular flexibility index (Phi) is 4.60. The van der Waals surface area contributed by atoms with Crippen LogP contribution in [0.15, 0.2) is 23.1 Å². The van der Waals surface area contributed by atoms with Crippen molar-refractivity contribution in [1.82, 2.24) is 0 Å². The first-order valence-electron chi connectivity index (χ1n) is 3.11. The minimum Gasteiger partial charge on any atom is -0.151 e. The van der Waals surface area contributed by atoms with Gasteiger partial charge in [0.25, 0.3) is 0 Å². The minimum atomic E-state index is 1.09. The van der Waals surface area contributed by atoms with E-state index in [-0.39, 0.29) is 0 Å². The Balaban J connectivity index is 3.39. The molecule has 0 fully saturated rings. The zero-order valence-electron chi connectivity index (χ0n) is 6.15. The molecule has 0 unspecified atom stereocenters. The normalized spacial score (nSPS) is 11.7. The average molecular weight is 142 g/mol. The molecule has 0 bridgehead atoms. The van der Waals surface area contributed by atoms with Gasteiger partial charge in [0.2, 0.25) is 0 Å². The summed E-state index contributed by atoms with van der Waals surface area (Å²) in [5.74, 6) is 0. The fraction of sp³-hybridized carbons (Fsp3) is 0.500. The molecule has 0 N–H and O–H groups in total. The van der Waals surface area contributed by atoms with E-state index in [1.54, 1.807) is 0 Å². The highest BCUT2D eigenvalue weighted by atomic mass is 32.1. The molecule has 0 aliphatic rings. The fourth-order valence-electron chi connectivity index (χ4n) is 0.475. The van der Waals surface area contributed by atoms with Crippen LogP contribution < -0.4 is 0 Å². The molecular weight excluding hydrogens is 128 g/mol. The Morgan fingerprint density at radius 3 is 2.33 bits per heavy atom. The highest BCUT2D eigenvalue weighted by Gasteiger charge is 1.87. The first-order valence-corrected chi connectivity index (χ1v) is 3.62. The van der Waals surface area contributed by atoms with Crippen LogP contribution in [0.4, 0.5) is 0 Å². The zero-order chi connectivity index (χ0) is 7.28. The molecule has 0 rings (SSSR count). The van der Waals surface area contributed by atoms with Gasteiger partial charge in [0, 0.05) is 0 Å². The Morgan fingerprint density at radius 1 is 1.44 bits per heavy atom. The van der Waals surface area contributed by atoms with Crippen molar-refractivity contribution in [2.24, 2.45) is 0 Å². The van der Waals surface area contributed by atoms with Gasteiger partial charge in [0.1, 0.15) is 0 Å². The summed E-state index contributed by atoms with van der Waals surface area (Å²) in [6.45, 7) is 7.94. The van der Waals surface area contributed by atoms with E-state index < -0.39 is 0 Å². The highest BCUT2D eigenvalue weighted by Crippen LogP contribution is 2.09. The van der Waals surface area contributed by atoms with Crippen LogP contribution in [0.3, 0.4) is 0 Å². The predicted octanol–water partition coefficient (Wildman–Crippen LogP) is 3.18. The van der Waals surface area contributed by atoms with E-state index in [2.05, 4.69) is 26.1 Å². The third kappa shape index (κ3) is 5.71. The van der Waals surface area contributed by atoms with Gasteiger partial charge in [0.15, 0.2) is 0 Å². The van der Waals surface area contributed by atoms with Gasteiger partial charge in [-0.15, -0.1) is 6.58 Å². The summed E-state index contributed by atoms with van der Waals surface area (Å²) >= 11 is 4.03. The number of thiol groups is 1. The standard InChI is InChI=1S/C8H14S/c1-7(2)4-5-8(3)6-9/h6,9H,1,4-5H2,2-3H3/b8-6-. The molecule has 0 spiro atoms. The van der Waals surface area contributed by atoms with Gasteiger partial charge in [-0.1, -0.05) is 11.1 Å². The van der Waals surface area contributed by atoms with Crippen molar-refractivity contribution in [3.05, 3.63) is 23.1 Å². The summed E-state index contributed by atoms with van der Waals surface area (Å²) in [6.07, 6.45) is 2.18. The Bertz CT molecular complexity index is 123. The summed E-state index contributed by atoms with van der Waals surface area (Å²) < 4.78 is 0. The molecular formula is C8H14S. The van der Waals surface area contributed by atoms with Crippen LogP contribution in [0.25, 0.3) is 0 Å². The SMILES string of the molecule is C=C(C)CC/C(C)=C\S. The lowest BCUT2D eigenvalue weighted by Crippen LogP contribution is -1.76. The summed E-state index contributed by atoms with van der Waals surface area (Å²) in [6, 6.07) is 0. The van der Waals surface area contributed by atoms with Crippen LogP contribution >= 0.6 is 12.6 Å². The molecule has 0 aromatic heterocycles. The first kappa shape index (κ1) is 8.83. The molecule has 0 heterocycles. The predicted molar refractivity (Wildman–Crippen MR) is 46.8 cm³/mol. The summed E-state index contributed by atoms with van der Waals surface area (Å²) in [4.78, 5) is 0. The highest BCUT2D eigenvalue weighted by molar-refractivity contribution is 7.83. The number of hydrogen-bond donors (Lipinski definition) is 1. The van der Waals surface area contributed by atoms with Crippen molar-refractivity contribution < 1.29 is 0 Å². The van der Waals surface area contributed by atoms with Crippen molar-refractivity contribution in [2.45, 2.75) is 26.7 Å². The molecule has 0 aromatic rings. The Morgan fingerprint density at radius 2 is 2.00 bits per heavy atom. The Hall–Kier alpha value is -0.170. The molecule has 0 nitrogen and oxygen atoms in total. The van der Waals surface area contributed by atoms with Crippen LogP contribution in [-0.4, -0.2) is 0 Å². The zero-order valence-corrected chi connectivity index (χ0v) is 7.04. The third-order valence-electron chi connectivity index (χ3n) is 1.17. The molecule has 9 heavy (non-hydrogen) atoms. The molecule has 52 valence electrons. The maximum Gasteiger partial charge on any atom is -0.0278 e. The van der Waals surface area contributed by atoms with Gasteiger partial charge in [-0.05, 0) is 32.1 Å². The second kappa shape index (κ2) is 4.68. The molecule has 0 aromatic carbocycles. The van der Waals surface area contributed by atoms with Crippen LogP contribution in [0.5, 0.6) is 0 Å². The molecule has 0 saturated carbocycles. The van der Waals surface area contributed by atoms with Gasteiger partial charge < -0.3 is 0 Å². The molecule has 0 radical (unpaired) electrons. The third-order valence-corrected chi connectivity index (χ3v) is 1.61. The summed E-state index contributed by atoms with van der Waals surface area (Å²) in [7, 11) is 0. The number of rotatable bonds is 3. The lowest BCUT2D eigenvalue weighted by molar-refractivity contribution is 0.931. The van der Waals surface area contributed by atoms with E-state index in [0.717, 1.165) is 12.8 Å². The molecule has 1 heteroatoms. The number of hydrogen-bond acceptors (Lipinski definition) is 1. The van der Waals surface area contributed by atoms with Crippen molar-refractivity contribution in [1.29, 1.82) is 0 Å². The van der Waals surface area contributed by atoms with Crippen molar-refractivity contribution >= 4 is 12.6 Å². The Labute approximate surface area is 63.1 Å². The minimum absolute atomic E-state index is 1.09. The van der Waals surface area contributed by atoms with Crippen LogP contribution in [0.2, 0.25) is 0 Å². The van der Waals surface area contributed by atoms with Gasteiger partial charge in [0.05, 0.1) is 0 Å².